The average Bonchev–Trinajstić information content (AvgIpc) is 2.65. The number of carbonyl (C=O) groups excluding carboxylic acids is 1. The normalized spacial score (nSPS) is 11.2. The first-order chi connectivity index (χ1) is 7.19. The van der Waals surface area contributed by atoms with Gasteiger partial charge in [0.2, 0.25) is 0 Å². The van der Waals surface area contributed by atoms with E-state index in [0.717, 1.165) is 5.56 Å². The molecule has 2 N–H and O–H groups in total. The number of nitrogens with two attached hydrogens (primary N) is 1. The fourth-order valence-corrected chi connectivity index (χ4v) is 1.76. The molecule has 1 aromatic heterocycles. The van der Waals surface area contributed by atoms with Crippen LogP contribution in [0.25, 0.3) is 6.08 Å². The van der Waals surface area contributed by atoms with Crippen molar-refractivity contribution in [2.45, 2.75) is 6.92 Å². The molecule has 0 aromatic carbocycles. The maximum Gasteiger partial charge on any atom is 0.354 e. The van der Waals surface area contributed by atoms with E-state index in [-0.39, 0.29) is 5.70 Å². The molecule has 4 nitrogen and oxygen atoms in total. The summed E-state index contributed by atoms with van der Waals surface area (Å²) in [5, 5.41) is 3.69. The molecule has 0 aliphatic rings. The molecule has 15 heavy (non-hydrogen) atoms. The lowest BCUT2D eigenvalue weighted by Gasteiger charge is -2.02. The van der Waals surface area contributed by atoms with Crippen molar-refractivity contribution in [3.8, 4) is 5.75 Å². The van der Waals surface area contributed by atoms with E-state index >= 15 is 0 Å². The van der Waals surface area contributed by atoms with Gasteiger partial charge in [-0.1, -0.05) is 0 Å². The predicted octanol–water partition coefficient (Wildman–Crippen LogP) is 1.62. The third-order valence-electron chi connectivity index (χ3n) is 1.70. The molecule has 1 aromatic rings. The fraction of sp³-hybridized carbons (Fsp3) is 0.300. The Kier molecular flexibility index (Phi) is 4.17. The van der Waals surface area contributed by atoms with Crippen LogP contribution >= 0.6 is 11.3 Å². The van der Waals surface area contributed by atoms with Gasteiger partial charge in [0.05, 0.1) is 13.7 Å². The van der Waals surface area contributed by atoms with Crippen molar-refractivity contribution in [2.75, 3.05) is 13.7 Å². The lowest BCUT2D eigenvalue weighted by atomic mass is 10.2. The lowest BCUT2D eigenvalue weighted by Crippen LogP contribution is -2.14. The Morgan fingerprint density at radius 3 is 2.93 bits per heavy atom. The van der Waals surface area contributed by atoms with Crippen LogP contribution in [-0.4, -0.2) is 19.7 Å². The van der Waals surface area contributed by atoms with Gasteiger partial charge in [-0.05, 0) is 13.0 Å². The van der Waals surface area contributed by atoms with Crippen molar-refractivity contribution < 1.29 is 14.3 Å². The highest BCUT2D eigenvalue weighted by molar-refractivity contribution is 7.08. The second-order valence-corrected chi connectivity index (χ2v) is 3.46. The minimum absolute atomic E-state index is 0.0774. The van der Waals surface area contributed by atoms with Crippen molar-refractivity contribution >= 4 is 23.4 Å². The number of hydrogen-bond acceptors (Lipinski definition) is 5. The summed E-state index contributed by atoms with van der Waals surface area (Å²) in [5.74, 6) is 0.193. The highest BCUT2D eigenvalue weighted by Crippen LogP contribution is 2.24. The Morgan fingerprint density at radius 1 is 1.60 bits per heavy atom. The Balaban J connectivity index is 2.82. The molecule has 82 valence electrons. The molecule has 0 atom stereocenters. The highest BCUT2D eigenvalue weighted by Gasteiger charge is 2.08. The summed E-state index contributed by atoms with van der Waals surface area (Å²) in [7, 11) is 1.57. The van der Waals surface area contributed by atoms with E-state index in [0.29, 0.717) is 12.4 Å². The van der Waals surface area contributed by atoms with Gasteiger partial charge >= 0.3 is 5.97 Å². The zero-order valence-electron chi connectivity index (χ0n) is 8.65. The molecular weight excluding hydrogens is 214 g/mol. The molecular formula is C10H13NO3S. The zero-order valence-corrected chi connectivity index (χ0v) is 9.47. The van der Waals surface area contributed by atoms with Gasteiger partial charge in [-0.15, -0.1) is 11.3 Å². The van der Waals surface area contributed by atoms with Crippen LogP contribution in [0.4, 0.5) is 0 Å². The molecule has 0 amide bonds. The number of carbonyl (C=O) groups is 1. The van der Waals surface area contributed by atoms with Crippen LogP contribution in [0.1, 0.15) is 12.5 Å². The summed E-state index contributed by atoms with van der Waals surface area (Å²) in [6.07, 6.45) is 1.55. The van der Waals surface area contributed by atoms with Gasteiger partial charge in [0.25, 0.3) is 0 Å². The Hall–Kier alpha value is -1.49. The Bertz CT molecular complexity index is 370. The Labute approximate surface area is 92.3 Å². The summed E-state index contributed by atoms with van der Waals surface area (Å²) in [6, 6.07) is 0. The van der Waals surface area contributed by atoms with E-state index in [1.165, 1.54) is 11.3 Å². The average molecular weight is 227 g/mol. The standard InChI is InChI=1S/C10H13NO3S/c1-3-14-10(12)8(11)4-7-5-15-6-9(7)13-2/h4-6H,3,11H2,1-2H3/b8-4-. The van der Waals surface area contributed by atoms with Crippen LogP contribution in [0, 0.1) is 0 Å². The summed E-state index contributed by atoms with van der Waals surface area (Å²) in [6.45, 7) is 2.05. The molecule has 0 saturated carbocycles. The number of esters is 1. The molecule has 0 bridgehead atoms. The summed E-state index contributed by atoms with van der Waals surface area (Å²) >= 11 is 1.48. The van der Waals surface area contributed by atoms with Crippen LogP contribution < -0.4 is 10.5 Å². The monoisotopic (exact) mass is 227 g/mol. The Morgan fingerprint density at radius 2 is 2.33 bits per heavy atom. The van der Waals surface area contributed by atoms with Gasteiger partial charge in [0.15, 0.2) is 0 Å². The van der Waals surface area contributed by atoms with Gasteiger partial charge in [-0.2, -0.15) is 0 Å². The lowest BCUT2D eigenvalue weighted by molar-refractivity contribution is -0.138. The van der Waals surface area contributed by atoms with Gasteiger partial charge in [0, 0.05) is 16.3 Å². The van der Waals surface area contributed by atoms with Crippen LogP contribution in [0.5, 0.6) is 5.75 Å². The van der Waals surface area contributed by atoms with Crippen LogP contribution in [0.15, 0.2) is 16.5 Å². The van der Waals surface area contributed by atoms with Gasteiger partial charge in [-0.3, -0.25) is 0 Å². The smallest absolute Gasteiger partial charge is 0.354 e. The molecule has 0 aliphatic heterocycles. The van der Waals surface area contributed by atoms with E-state index in [1.807, 2.05) is 10.8 Å². The molecule has 0 fully saturated rings. The van der Waals surface area contributed by atoms with E-state index in [4.69, 9.17) is 15.2 Å². The number of thiophene rings is 1. The van der Waals surface area contributed by atoms with E-state index in [2.05, 4.69) is 0 Å². The van der Waals surface area contributed by atoms with Crippen LogP contribution in [0.2, 0.25) is 0 Å². The van der Waals surface area contributed by atoms with Crippen LogP contribution in [0.3, 0.4) is 0 Å². The molecule has 0 unspecified atom stereocenters. The first-order valence-corrected chi connectivity index (χ1v) is 5.37. The van der Waals surface area contributed by atoms with Gasteiger partial charge in [-0.25, -0.2) is 4.79 Å². The minimum Gasteiger partial charge on any atom is -0.495 e. The molecule has 1 heterocycles. The van der Waals surface area contributed by atoms with Crippen molar-refractivity contribution in [2.24, 2.45) is 5.73 Å². The third kappa shape index (κ3) is 2.99. The fourth-order valence-electron chi connectivity index (χ4n) is 1.01. The molecule has 5 heteroatoms. The SMILES string of the molecule is CCOC(=O)/C(N)=C/c1cscc1OC. The van der Waals surface area contributed by atoms with Crippen molar-refractivity contribution in [3.05, 3.63) is 22.0 Å². The minimum atomic E-state index is -0.509. The maximum atomic E-state index is 11.2. The van der Waals surface area contributed by atoms with E-state index < -0.39 is 5.97 Å². The highest BCUT2D eigenvalue weighted by atomic mass is 32.1. The first-order valence-electron chi connectivity index (χ1n) is 4.43. The number of methoxy groups -OCH3 is 1. The number of hydrogen-bond donors (Lipinski definition) is 1. The predicted molar refractivity (Wildman–Crippen MR) is 59.7 cm³/mol. The number of ether oxygens (including phenoxy) is 2. The maximum absolute atomic E-state index is 11.2. The second kappa shape index (κ2) is 5.41. The van der Waals surface area contributed by atoms with Crippen molar-refractivity contribution in [3.63, 3.8) is 0 Å². The molecule has 0 saturated heterocycles. The summed E-state index contributed by atoms with van der Waals surface area (Å²) in [4.78, 5) is 11.2. The van der Waals surface area contributed by atoms with Gasteiger partial charge in [0.1, 0.15) is 11.4 Å². The molecule has 0 radical (unpaired) electrons. The van der Waals surface area contributed by atoms with Crippen molar-refractivity contribution in [1.29, 1.82) is 0 Å². The molecule has 0 aliphatic carbocycles. The summed E-state index contributed by atoms with van der Waals surface area (Å²) in [5.41, 5.74) is 6.42. The third-order valence-corrected chi connectivity index (χ3v) is 2.44. The van der Waals surface area contributed by atoms with Gasteiger partial charge < -0.3 is 15.2 Å². The quantitative estimate of drug-likeness (QED) is 0.627. The zero-order chi connectivity index (χ0) is 11.3. The van der Waals surface area contributed by atoms with Crippen LogP contribution in [-0.2, 0) is 9.53 Å². The largest absolute Gasteiger partial charge is 0.495 e. The van der Waals surface area contributed by atoms with Crippen molar-refractivity contribution in [1.82, 2.24) is 0 Å². The van der Waals surface area contributed by atoms with E-state index in [1.54, 1.807) is 20.1 Å². The molecule has 1 rings (SSSR count). The molecule has 0 spiro atoms. The second-order valence-electron chi connectivity index (χ2n) is 2.72. The first kappa shape index (κ1) is 11.6. The number of rotatable bonds is 4. The topological polar surface area (TPSA) is 61.5 Å². The summed E-state index contributed by atoms with van der Waals surface area (Å²) < 4.78 is 9.84. The van der Waals surface area contributed by atoms with E-state index in [9.17, 15) is 4.79 Å².